The first kappa shape index (κ1) is 15.7. The summed E-state index contributed by atoms with van der Waals surface area (Å²) in [7, 11) is -1.88. The van der Waals surface area contributed by atoms with Crippen LogP contribution in [0.2, 0.25) is 0 Å². The van der Waals surface area contributed by atoms with Gasteiger partial charge in [-0.15, -0.1) is 11.3 Å². The lowest BCUT2D eigenvalue weighted by Crippen LogP contribution is -2.26. The fraction of sp³-hybridized carbons (Fsp3) is 0.200. The summed E-state index contributed by atoms with van der Waals surface area (Å²) in [6, 6.07) is 10.8. The summed E-state index contributed by atoms with van der Waals surface area (Å²) < 4.78 is 26.5. The minimum atomic E-state index is -3.45. The number of hydrogen-bond donors (Lipinski definition) is 1. The number of sulfonamides is 1. The smallest absolute Gasteiger partial charge is 0.252 e. The highest BCUT2D eigenvalue weighted by atomic mass is 32.2. The third kappa shape index (κ3) is 3.71. The molecule has 1 aromatic carbocycles. The van der Waals surface area contributed by atoms with E-state index < -0.39 is 10.0 Å². The van der Waals surface area contributed by atoms with E-state index in [0.717, 1.165) is 11.1 Å². The van der Waals surface area contributed by atoms with Crippen molar-refractivity contribution < 1.29 is 8.42 Å². The quantitative estimate of drug-likeness (QED) is 0.875. The average molecular weight is 320 g/mol. The van der Waals surface area contributed by atoms with Crippen LogP contribution < -0.4 is 5.73 Å². The van der Waals surface area contributed by atoms with Crippen molar-refractivity contribution in [3.63, 3.8) is 0 Å². The molecule has 1 aromatic heterocycles. The van der Waals surface area contributed by atoms with Crippen LogP contribution in [-0.2, 0) is 16.6 Å². The van der Waals surface area contributed by atoms with E-state index in [1.165, 1.54) is 15.6 Å². The van der Waals surface area contributed by atoms with Gasteiger partial charge in [0.1, 0.15) is 4.21 Å². The fourth-order valence-corrected chi connectivity index (χ4v) is 4.17. The van der Waals surface area contributed by atoms with Gasteiger partial charge in [0.05, 0.1) is 6.54 Å². The van der Waals surface area contributed by atoms with E-state index in [1.54, 1.807) is 24.6 Å². The molecule has 1 heterocycles. The minimum absolute atomic E-state index is 0.273. The third-order valence-corrected chi connectivity index (χ3v) is 6.07. The minimum Gasteiger partial charge on any atom is -0.320 e. The molecule has 110 valence electrons. The van der Waals surface area contributed by atoms with Gasteiger partial charge in [0.15, 0.2) is 0 Å². The molecule has 0 atom stereocenters. The standard InChI is InChI=1S/C15H16N2O2S2/c1-17(21(18,19)15-9-5-11-20-15)12-14-7-3-2-6-13(14)8-4-10-16/h2-3,5-7,9,11H,10,12,16H2,1H3. The Morgan fingerprint density at radius 3 is 2.67 bits per heavy atom. The SMILES string of the molecule is CN(Cc1ccccc1C#CCN)S(=O)(=O)c1cccs1. The molecule has 0 aliphatic heterocycles. The number of rotatable bonds is 4. The van der Waals surface area contributed by atoms with E-state index >= 15 is 0 Å². The van der Waals surface area contributed by atoms with Gasteiger partial charge < -0.3 is 5.73 Å². The summed E-state index contributed by atoms with van der Waals surface area (Å²) in [6.07, 6.45) is 0. The maximum atomic E-state index is 12.4. The molecule has 21 heavy (non-hydrogen) atoms. The van der Waals surface area contributed by atoms with Gasteiger partial charge in [0.25, 0.3) is 10.0 Å². The monoisotopic (exact) mass is 320 g/mol. The van der Waals surface area contributed by atoms with Crippen LogP contribution in [0, 0.1) is 11.8 Å². The highest BCUT2D eigenvalue weighted by Gasteiger charge is 2.22. The molecule has 0 saturated heterocycles. The van der Waals surface area contributed by atoms with Crippen molar-refractivity contribution in [2.45, 2.75) is 10.8 Å². The molecule has 2 rings (SSSR count). The van der Waals surface area contributed by atoms with Crippen LogP contribution in [0.5, 0.6) is 0 Å². The summed E-state index contributed by atoms with van der Waals surface area (Å²) in [5.74, 6) is 5.77. The second-order valence-electron chi connectivity index (χ2n) is 4.36. The molecule has 0 bridgehead atoms. The van der Waals surface area contributed by atoms with Gasteiger partial charge in [-0.2, -0.15) is 4.31 Å². The molecule has 4 nitrogen and oxygen atoms in total. The Morgan fingerprint density at radius 1 is 1.24 bits per heavy atom. The molecule has 0 unspecified atom stereocenters. The first-order valence-electron chi connectivity index (χ1n) is 6.32. The Labute approximate surface area is 129 Å². The zero-order valence-electron chi connectivity index (χ0n) is 11.6. The van der Waals surface area contributed by atoms with Crippen molar-refractivity contribution in [3.05, 3.63) is 52.9 Å². The zero-order valence-corrected chi connectivity index (χ0v) is 13.2. The lowest BCUT2D eigenvalue weighted by Gasteiger charge is -2.17. The molecule has 0 aliphatic rings. The Hall–Kier alpha value is -1.65. The van der Waals surface area contributed by atoms with Gasteiger partial charge >= 0.3 is 0 Å². The largest absolute Gasteiger partial charge is 0.320 e. The average Bonchev–Trinajstić information content (AvgIpc) is 3.01. The number of hydrogen-bond acceptors (Lipinski definition) is 4. The van der Waals surface area contributed by atoms with Crippen molar-refractivity contribution >= 4 is 21.4 Å². The Morgan fingerprint density at radius 2 is 2.00 bits per heavy atom. The summed E-state index contributed by atoms with van der Waals surface area (Å²) in [5.41, 5.74) is 7.05. The van der Waals surface area contributed by atoms with E-state index in [9.17, 15) is 8.42 Å². The first-order chi connectivity index (χ1) is 10.1. The molecule has 0 saturated carbocycles. The fourth-order valence-electron chi connectivity index (χ4n) is 1.82. The highest BCUT2D eigenvalue weighted by molar-refractivity contribution is 7.91. The molecule has 2 aromatic rings. The van der Waals surface area contributed by atoms with Crippen molar-refractivity contribution in [1.82, 2.24) is 4.31 Å². The number of nitrogens with two attached hydrogens (primary N) is 1. The van der Waals surface area contributed by atoms with Crippen molar-refractivity contribution in [2.24, 2.45) is 5.73 Å². The summed E-state index contributed by atoms with van der Waals surface area (Å²) in [5, 5.41) is 1.75. The van der Waals surface area contributed by atoms with Gasteiger partial charge in [0, 0.05) is 19.2 Å². The van der Waals surface area contributed by atoms with Gasteiger partial charge in [-0.25, -0.2) is 8.42 Å². The Bertz CT molecular complexity index is 756. The molecule has 6 heteroatoms. The maximum Gasteiger partial charge on any atom is 0.252 e. The van der Waals surface area contributed by atoms with Gasteiger partial charge in [-0.1, -0.05) is 36.1 Å². The number of thiophene rings is 1. The molecule has 0 radical (unpaired) electrons. The lowest BCUT2D eigenvalue weighted by atomic mass is 10.1. The normalized spacial score (nSPS) is 11.2. The lowest BCUT2D eigenvalue weighted by molar-refractivity contribution is 0.468. The van der Waals surface area contributed by atoms with E-state index in [2.05, 4.69) is 11.8 Å². The maximum absolute atomic E-state index is 12.4. The molecule has 0 amide bonds. The Kier molecular flexibility index (Phi) is 5.15. The molecule has 0 fully saturated rings. The van der Waals surface area contributed by atoms with Gasteiger partial charge in [-0.3, -0.25) is 0 Å². The van der Waals surface area contributed by atoms with E-state index in [4.69, 9.17) is 5.73 Å². The molecule has 0 spiro atoms. The first-order valence-corrected chi connectivity index (χ1v) is 8.64. The molecule has 2 N–H and O–H groups in total. The van der Waals surface area contributed by atoms with Crippen molar-refractivity contribution in [1.29, 1.82) is 0 Å². The zero-order chi connectivity index (χ0) is 15.3. The third-order valence-electron chi connectivity index (χ3n) is 2.90. The summed E-state index contributed by atoms with van der Waals surface area (Å²) in [6.45, 7) is 0.549. The molecular formula is C15H16N2O2S2. The second kappa shape index (κ2) is 6.87. The number of benzene rings is 1. The van der Waals surface area contributed by atoms with Crippen LogP contribution in [0.15, 0.2) is 46.0 Å². The Balaban J connectivity index is 2.26. The summed E-state index contributed by atoms with van der Waals surface area (Å²) in [4.78, 5) is 0. The van der Waals surface area contributed by atoms with Crippen LogP contribution in [0.4, 0.5) is 0 Å². The van der Waals surface area contributed by atoms with Crippen LogP contribution in [-0.4, -0.2) is 26.3 Å². The van der Waals surface area contributed by atoms with Crippen LogP contribution in [0.25, 0.3) is 0 Å². The van der Waals surface area contributed by atoms with Crippen molar-refractivity contribution in [2.75, 3.05) is 13.6 Å². The van der Waals surface area contributed by atoms with Crippen LogP contribution >= 0.6 is 11.3 Å². The molecular weight excluding hydrogens is 304 g/mol. The predicted octanol–water partition coefficient (Wildman–Crippen LogP) is 1.88. The van der Waals surface area contributed by atoms with E-state index in [0.29, 0.717) is 4.21 Å². The second-order valence-corrected chi connectivity index (χ2v) is 7.58. The van der Waals surface area contributed by atoms with E-state index in [-0.39, 0.29) is 13.1 Å². The van der Waals surface area contributed by atoms with Gasteiger partial charge in [0.2, 0.25) is 0 Å². The summed E-state index contributed by atoms with van der Waals surface area (Å²) >= 11 is 1.21. The van der Waals surface area contributed by atoms with Crippen molar-refractivity contribution in [3.8, 4) is 11.8 Å². The van der Waals surface area contributed by atoms with Gasteiger partial charge in [-0.05, 0) is 23.1 Å². The predicted molar refractivity (Wildman–Crippen MR) is 85.3 cm³/mol. The van der Waals surface area contributed by atoms with Crippen LogP contribution in [0.3, 0.4) is 0 Å². The van der Waals surface area contributed by atoms with E-state index in [1.807, 2.05) is 24.3 Å². The topological polar surface area (TPSA) is 63.4 Å². The van der Waals surface area contributed by atoms with Crippen LogP contribution in [0.1, 0.15) is 11.1 Å². The molecule has 0 aliphatic carbocycles. The highest BCUT2D eigenvalue weighted by Crippen LogP contribution is 2.22. The number of nitrogens with zero attached hydrogens (tertiary/aromatic N) is 1.